The van der Waals surface area contributed by atoms with E-state index in [1.54, 1.807) is 7.11 Å². The number of amides is 1. The van der Waals surface area contributed by atoms with E-state index in [1.807, 2.05) is 25.1 Å². The summed E-state index contributed by atoms with van der Waals surface area (Å²) >= 11 is 6.22. The molecule has 3 rings (SSSR count). The van der Waals surface area contributed by atoms with E-state index in [1.165, 1.54) is 6.92 Å². The second kappa shape index (κ2) is 7.95. The van der Waals surface area contributed by atoms with Crippen molar-refractivity contribution in [3.05, 3.63) is 28.8 Å². The van der Waals surface area contributed by atoms with Crippen molar-refractivity contribution >= 4 is 17.5 Å². The average molecular weight is 397 g/mol. The van der Waals surface area contributed by atoms with Gasteiger partial charge in [-0.15, -0.1) is 0 Å². The summed E-state index contributed by atoms with van der Waals surface area (Å²) in [5.41, 5.74) is -0.107. The highest BCUT2D eigenvalue weighted by molar-refractivity contribution is 6.32. The van der Waals surface area contributed by atoms with Crippen LogP contribution in [0.15, 0.2) is 18.2 Å². The summed E-state index contributed by atoms with van der Waals surface area (Å²) in [5, 5.41) is 14.6. The lowest BCUT2D eigenvalue weighted by Crippen LogP contribution is -2.69. The number of nitrogens with one attached hydrogen (secondary N) is 1. The third kappa shape index (κ3) is 4.24. The smallest absolute Gasteiger partial charge is 0.217 e. The maximum atomic E-state index is 11.6. The van der Waals surface area contributed by atoms with Gasteiger partial charge in [0.15, 0.2) is 0 Å². The lowest BCUT2D eigenvalue weighted by molar-refractivity contribution is -0.208. The van der Waals surface area contributed by atoms with Crippen LogP contribution in [0.2, 0.25) is 5.02 Å². The normalized spacial score (nSPS) is 28.1. The van der Waals surface area contributed by atoms with Gasteiger partial charge in [0.1, 0.15) is 11.9 Å². The van der Waals surface area contributed by atoms with E-state index in [9.17, 15) is 9.90 Å². The summed E-state index contributed by atoms with van der Waals surface area (Å²) in [6.45, 7) is 6.37. The molecule has 0 aromatic heterocycles. The molecule has 0 unspecified atom stereocenters. The molecule has 27 heavy (non-hydrogen) atoms. The first kappa shape index (κ1) is 20.4. The van der Waals surface area contributed by atoms with Gasteiger partial charge in [0.05, 0.1) is 23.3 Å². The minimum Gasteiger partial charge on any atom is -0.495 e. The molecule has 2 saturated heterocycles. The molecule has 1 aromatic carbocycles. The van der Waals surface area contributed by atoms with Crippen LogP contribution in [0.25, 0.3) is 0 Å². The molecule has 0 radical (unpaired) electrons. The Morgan fingerprint density at radius 3 is 2.70 bits per heavy atom. The van der Waals surface area contributed by atoms with Gasteiger partial charge in [0, 0.05) is 33.2 Å². The molecule has 7 heteroatoms. The monoisotopic (exact) mass is 396 g/mol. The Morgan fingerprint density at radius 1 is 1.41 bits per heavy atom. The van der Waals surface area contributed by atoms with Gasteiger partial charge in [-0.05, 0) is 43.9 Å². The Morgan fingerprint density at radius 2 is 2.11 bits per heavy atom. The molecule has 2 aliphatic rings. The molecule has 0 aliphatic carbocycles. The van der Waals surface area contributed by atoms with Crippen molar-refractivity contribution in [1.29, 1.82) is 0 Å². The molecule has 150 valence electrons. The molecule has 2 fully saturated rings. The summed E-state index contributed by atoms with van der Waals surface area (Å²) < 4.78 is 11.3. The highest BCUT2D eigenvalue weighted by Gasteiger charge is 2.53. The van der Waals surface area contributed by atoms with E-state index in [0.29, 0.717) is 23.8 Å². The lowest BCUT2D eigenvalue weighted by Gasteiger charge is -2.53. The number of nitrogens with zero attached hydrogens (tertiary/aromatic N) is 1. The molecule has 2 atom stereocenters. The van der Waals surface area contributed by atoms with Crippen molar-refractivity contribution < 1.29 is 19.4 Å². The summed E-state index contributed by atoms with van der Waals surface area (Å²) in [5.74, 6) is 0.552. The van der Waals surface area contributed by atoms with Gasteiger partial charge in [0.25, 0.3) is 0 Å². The fourth-order valence-electron chi connectivity index (χ4n) is 4.37. The van der Waals surface area contributed by atoms with E-state index >= 15 is 0 Å². The first-order valence-electron chi connectivity index (χ1n) is 9.43. The maximum absolute atomic E-state index is 11.6. The summed E-state index contributed by atoms with van der Waals surface area (Å²) in [6, 6.07) is 5.84. The van der Waals surface area contributed by atoms with Gasteiger partial charge < -0.3 is 19.9 Å². The minimum atomic E-state index is -0.722. The van der Waals surface area contributed by atoms with Gasteiger partial charge >= 0.3 is 0 Å². The Labute approximate surface area is 165 Å². The Bertz CT molecular complexity index is 691. The van der Waals surface area contributed by atoms with E-state index < -0.39 is 17.2 Å². The number of hydrogen-bond acceptors (Lipinski definition) is 5. The molecule has 2 N–H and O–H groups in total. The van der Waals surface area contributed by atoms with Crippen LogP contribution in [0, 0.1) is 0 Å². The fourth-order valence-corrected chi connectivity index (χ4v) is 4.65. The van der Waals surface area contributed by atoms with Crippen LogP contribution >= 0.6 is 11.6 Å². The number of piperidine rings is 1. The van der Waals surface area contributed by atoms with Gasteiger partial charge in [-0.2, -0.15) is 0 Å². The van der Waals surface area contributed by atoms with Crippen LogP contribution in [0.4, 0.5) is 0 Å². The largest absolute Gasteiger partial charge is 0.495 e. The fraction of sp³-hybridized carbons (Fsp3) is 0.650. The number of methoxy groups -OCH3 is 1. The first-order valence-corrected chi connectivity index (χ1v) is 9.81. The van der Waals surface area contributed by atoms with Gasteiger partial charge in [0.2, 0.25) is 5.91 Å². The van der Waals surface area contributed by atoms with Crippen LogP contribution < -0.4 is 10.1 Å². The van der Waals surface area contributed by atoms with Crippen LogP contribution in [-0.2, 0) is 16.1 Å². The summed E-state index contributed by atoms with van der Waals surface area (Å²) in [4.78, 5) is 13.9. The molecule has 1 spiro atoms. The van der Waals surface area contributed by atoms with E-state index in [-0.39, 0.29) is 5.91 Å². The molecular weight excluding hydrogens is 368 g/mol. The van der Waals surface area contributed by atoms with Crippen molar-refractivity contribution in [3.63, 3.8) is 0 Å². The number of halogens is 1. The number of ether oxygens (including phenoxy) is 2. The molecule has 0 saturated carbocycles. The number of aliphatic hydroxyl groups is 1. The van der Waals surface area contributed by atoms with Gasteiger partial charge in [-0.1, -0.05) is 17.7 Å². The summed E-state index contributed by atoms with van der Waals surface area (Å²) in [7, 11) is 1.61. The van der Waals surface area contributed by atoms with Crippen molar-refractivity contribution in [2.45, 2.75) is 56.9 Å². The molecule has 1 amide bonds. The SMILES string of the molecule is COc1ccc(CN2CCC3(CC2)OCC[C@](C)(NC(C)=O)[C@H]3O)cc1Cl. The highest BCUT2D eigenvalue weighted by atomic mass is 35.5. The molecular formula is C20H29ClN2O4. The number of hydrogen-bond donors (Lipinski definition) is 2. The lowest BCUT2D eigenvalue weighted by atomic mass is 9.73. The molecule has 2 heterocycles. The Balaban J connectivity index is 1.64. The number of benzene rings is 1. The predicted molar refractivity (Wildman–Crippen MR) is 104 cm³/mol. The minimum absolute atomic E-state index is 0.123. The molecule has 0 bridgehead atoms. The second-order valence-corrected chi connectivity index (χ2v) is 8.32. The number of rotatable bonds is 4. The third-order valence-corrected chi connectivity index (χ3v) is 6.19. The Kier molecular flexibility index (Phi) is 6.01. The molecule has 1 aromatic rings. The topological polar surface area (TPSA) is 71.0 Å². The first-order chi connectivity index (χ1) is 12.8. The van der Waals surface area contributed by atoms with Crippen molar-refractivity contribution in [2.75, 3.05) is 26.8 Å². The molecule has 2 aliphatic heterocycles. The standard InChI is InChI=1S/C20H29ClN2O4/c1-14(24)22-19(2)8-11-27-20(18(19)25)6-9-23(10-7-20)13-15-4-5-17(26-3)16(21)12-15/h4-5,12,18,25H,6-11,13H2,1-3H3,(H,22,24)/t18-,19+/m1/s1. The van der Waals surface area contributed by atoms with E-state index in [4.69, 9.17) is 21.1 Å². The number of aliphatic hydroxyl groups excluding tert-OH is 1. The van der Waals surface area contributed by atoms with Crippen molar-refractivity contribution in [2.24, 2.45) is 0 Å². The van der Waals surface area contributed by atoms with Crippen LogP contribution in [0.1, 0.15) is 38.7 Å². The van der Waals surface area contributed by atoms with Crippen LogP contribution in [0.3, 0.4) is 0 Å². The number of carbonyl (C=O) groups is 1. The maximum Gasteiger partial charge on any atom is 0.217 e. The third-order valence-electron chi connectivity index (χ3n) is 5.90. The van der Waals surface area contributed by atoms with Crippen LogP contribution in [-0.4, -0.2) is 60.0 Å². The number of carbonyl (C=O) groups excluding carboxylic acids is 1. The highest BCUT2D eigenvalue weighted by Crippen LogP contribution is 2.40. The zero-order chi connectivity index (χ0) is 19.7. The zero-order valence-electron chi connectivity index (χ0n) is 16.3. The van der Waals surface area contributed by atoms with Crippen LogP contribution in [0.5, 0.6) is 5.75 Å². The zero-order valence-corrected chi connectivity index (χ0v) is 17.0. The second-order valence-electron chi connectivity index (χ2n) is 7.91. The van der Waals surface area contributed by atoms with E-state index in [2.05, 4.69) is 10.2 Å². The molecule has 6 nitrogen and oxygen atoms in total. The van der Waals surface area contributed by atoms with Crippen molar-refractivity contribution in [1.82, 2.24) is 10.2 Å². The summed E-state index contributed by atoms with van der Waals surface area (Å²) in [6.07, 6.45) is 1.35. The Hall–Kier alpha value is -1.34. The van der Waals surface area contributed by atoms with Gasteiger partial charge in [-0.3, -0.25) is 9.69 Å². The predicted octanol–water partition coefficient (Wildman–Crippen LogP) is 2.36. The quantitative estimate of drug-likeness (QED) is 0.817. The number of likely N-dealkylation sites (tertiary alicyclic amines) is 1. The average Bonchev–Trinajstić information content (AvgIpc) is 2.61. The van der Waals surface area contributed by atoms with E-state index in [0.717, 1.165) is 38.0 Å². The van der Waals surface area contributed by atoms with Gasteiger partial charge in [-0.25, -0.2) is 0 Å². The van der Waals surface area contributed by atoms with Crippen molar-refractivity contribution in [3.8, 4) is 5.75 Å².